The maximum Gasteiger partial charge on any atom is 0.207 e. The van der Waals surface area contributed by atoms with Gasteiger partial charge in [-0.25, -0.2) is 0 Å². The van der Waals surface area contributed by atoms with Gasteiger partial charge in [-0.1, -0.05) is 13.8 Å². The van der Waals surface area contributed by atoms with Crippen LogP contribution >= 0.6 is 0 Å². The van der Waals surface area contributed by atoms with Crippen molar-refractivity contribution in [2.24, 2.45) is 5.92 Å². The predicted octanol–water partition coefficient (Wildman–Crippen LogP) is 5.06. The number of hydrogen-bond donors (Lipinski definition) is 0. The van der Waals surface area contributed by atoms with Crippen LogP contribution in [0, 0.1) is 12.8 Å². The molecule has 0 saturated carbocycles. The third-order valence-corrected chi connectivity index (χ3v) is 4.10. The molecule has 3 rings (SSSR count). The molecule has 3 aromatic rings. The Kier molecular flexibility index (Phi) is 4.27. The molecule has 5 nitrogen and oxygen atoms in total. The number of methoxy groups -OCH3 is 1. The van der Waals surface area contributed by atoms with Gasteiger partial charge in [0.25, 0.3) is 0 Å². The van der Waals surface area contributed by atoms with Crippen LogP contribution in [0.2, 0.25) is 0 Å². The lowest BCUT2D eigenvalue weighted by molar-refractivity contribution is 0.0860. The summed E-state index contributed by atoms with van der Waals surface area (Å²) in [6.07, 6.45) is 2.41. The Bertz CT molecular complexity index is 975. The second kappa shape index (κ2) is 6.14. The Balaban J connectivity index is 2.36. The van der Waals surface area contributed by atoms with Crippen LogP contribution in [0.1, 0.15) is 39.9 Å². The first-order valence-electron chi connectivity index (χ1n) is 8.44. The van der Waals surface area contributed by atoms with Crippen LogP contribution in [-0.2, 0) is 0 Å². The molecule has 0 saturated heterocycles. The van der Waals surface area contributed by atoms with Gasteiger partial charge in [0.2, 0.25) is 5.75 Å². The summed E-state index contributed by atoms with van der Waals surface area (Å²) in [5.74, 6) is 1.86. The van der Waals surface area contributed by atoms with Gasteiger partial charge in [-0.3, -0.25) is 4.79 Å². The molecule has 1 aromatic carbocycles. The van der Waals surface area contributed by atoms with Gasteiger partial charge in [-0.2, -0.15) is 0 Å². The fraction of sp³-hybridized carbons (Fsp3) is 0.450. The summed E-state index contributed by atoms with van der Waals surface area (Å²) < 4.78 is 23.4. The minimum Gasteiger partial charge on any atom is -0.495 e. The van der Waals surface area contributed by atoms with E-state index in [-0.39, 0.29) is 5.43 Å². The van der Waals surface area contributed by atoms with E-state index in [2.05, 4.69) is 13.8 Å². The first-order chi connectivity index (χ1) is 11.7. The molecule has 2 heterocycles. The Labute approximate surface area is 146 Å². The van der Waals surface area contributed by atoms with Crippen molar-refractivity contribution in [2.45, 2.75) is 46.6 Å². The van der Waals surface area contributed by atoms with Crippen LogP contribution in [0.4, 0.5) is 0 Å². The highest BCUT2D eigenvalue weighted by Crippen LogP contribution is 2.43. The first kappa shape index (κ1) is 17.4. The first-order valence-corrected chi connectivity index (χ1v) is 8.44. The summed E-state index contributed by atoms with van der Waals surface area (Å²) in [6, 6.07) is 3.23. The normalized spacial score (nSPS) is 12.3. The summed E-state index contributed by atoms with van der Waals surface area (Å²) in [5.41, 5.74) is 0.277. The lowest BCUT2D eigenvalue weighted by Gasteiger charge is -2.28. The molecule has 0 aliphatic carbocycles. The lowest BCUT2D eigenvalue weighted by atomic mass is 9.96. The van der Waals surface area contributed by atoms with Crippen molar-refractivity contribution in [1.29, 1.82) is 0 Å². The van der Waals surface area contributed by atoms with Crippen LogP contribution in [-0.4, -0.2) is 12.7 Å². The Morgan fingerprint density at radius 2 is 1.92 bits per heavy atom. The minimum atomic E-state index is -0.447. The smallest absolute Gasteiger partial charge is 0.207 e. The molecule has 0 aliphatic rings. The number of benzene rings is 1. The van der Waals surface area contributed by atoms with Crippen molar-refractivity contribution < 1.29 is 18.3 Å². The van der Waals surface area contributed by atoms with Crippen LogP contribution in [0.5, 0.6) is 11.5 Å². The van der Waals surface area contributed by atoms with Crippen LogP contribution in [0.3, 0.4) is 0 Å². The standard InChI is InChI=1S/C20H24O5/c1-11(2)10-20(4,5)25-19-17-13(7-8-23-17)16(22-6)15-14(21)9-12(3)24-18(15)19/h7-9,11H,10H2,1-6H3. The van der Waals surface area contributed by atoms with Crippen molar-refractivity contribution in [2.75, 3.05) is 7.11 Å². The van der Waals surface area contributed by atoms with Crippen molar-refractivity contribution in [1.82, 2.24) is 0 Å². The Hall–Kier alpha value is -2.43. The highest BCUT2D eigenvalue weighted by atomic mass is 16.5. The van der Waals surface area contributed by atoms with Gasteiger partial charge in [0.15, 0.2) is 16.6 Å². The highest BCUT2D eigenvalue weighted by molar-refractivity contribution is 6.06. The predicted molar refractivity (Wildman–Crippen MR) is 97.7 cm³/mol. The van der Waals surface area contributed by atoms with Gasteiger partial charge in [0.1, 0.15) is 22.5 Å². The summed E-state index contributed by atoms with van der Waals surface area (Å²) in [6.45, 7) is 10.1. The summed E-state index contributed by atoms with van der Waals surface area (Å²) in [5, 5.41) is 1.07. The van der Waals surface area contributed by atoms with Gasteiger partial charge in [0.05, 0.1) is 18.8 Å². The zero-order chi connectivity index (χ0) is 18.4. The molecule has 0 fully saturated rings. The van der Waals surface area contributed by atoms with Crippen LogP contribution in [0.25, 0.3) is 21.9 Å². The largest absolute Gasteiger partial charge is 0.495 e. The molecule has 0 N–H and O–H groups in total. The molecule has 25 heavy (non-hydrogen) atoms. The molecular formula is C20H24O5. The molecule has 0 unspecified atom stereocenters. The van der Waals surface area contributed by atoms with Gasteiger partial charge in [-0.05, 0) is 39.2 Å². The van der Waals surface area contributed by atoms with Crippen molar-refractivity contribution >= 4 is 21.9 Å². The molecule has 0 bridgehead atoms. The van der Waals surface area contributed by atoms with E-state index in [0.29, 0.717) is 45.1 Å². The highest BCUT2D eigenvalue weighted by Gasteiger charge is 2.28. The van der Waals surface area contributed by atoms with Crippen LogP contribution < -0.4 is 14.9 Å². The molecule has 0 radical (unpaired) electrons. The average molecular weight is 344 g/mol. The van der Waals surface area contributed by atoms with E-state index in [9.17, 15) is 4.79 Å². The number of rotatable bonds is 5. The number of ether oxygens (including phenoxy) is 2. The molecule has 2 aromatic heterocycles. The van der Waals surface area contributed by atoms with Crippen molar-refractivity contribution in [3.8, 4) is 11.5 Å². The van der Waals surface area contributed by atoms with Gasteiger partial charge in [0, 0.05) is 6.07 Å². The van der Waals surface area contributed by atoms with Gasteiger partial charge in [-0.15, -0.1) is 0 Å². The number of furan rings is 1. The van der Waals surface area contributed by atoms with Crippen molar-refractivity contribution in [3.63, 3.8) is 0 Å². The van der Waals surface area contributed by atoms with E-state index in [0.717, 1.165) is 6.42 Å². The maximum absolute atomic E-state index is 12.6. The fourth-order valence-electron chi connectivity index (χ4n) is 3.49. The average Bonchev–Trinajstić information content (AvgIpc) is 2.95. The summed E-state index contributed by atoms with van der Waals surface area (Å²) >= 11 is 0. The van der Waals surface area contributed by atoms with E-state index in [1.165, 1.54) is 13.2 Å². The summed E-state index contributed by atoms with van der Waals surface area (Å²) in [4.78, 5) is 12.6. The van der Waals surface area contributed by atoms with Crippen LogP contribution in [0.15, 0.2) is 32.0 Å². The number of fused-ring (bicyclic) bond motifs is 2. The van der Waals surface area contributed by atoms with Crippen molar-refractivity contribution in [3.05, 3.63) is 34.4 Å². The fourth-order valence-corrected chi connectivity index (χ4v) is 3.49. The molecular weight excluding hydrogens is 320 g/mol. The minimum absolute atomic E-state index is 0.162. The quantitative estimate of drug-likeness (QED) is 0.647. The third-order valence-electron chi connectivity index (χ3n) is 4.10. The van der Waals surface area contributed by atoms with E-state index in [4.69, 9.17) is 18.3 Å². The molecule has 0 amide bonds. The second-order valence-corrected chi connectivity index (χ2v) is 7.41. The molecule has 0 spiro atoms. The zero-order valence-electron chi connectivity index (χ0n) is 15.6. The van der Waals surface area contributed by atoms with Gasteiger partial charge >= 0.3 is 0 Å². The monoisotopic (exact) mass is 344 g/mol. The topological polar surface area (TPSA) is 61.8 Å². The Morgan fingerprint density at radius 1 is 1.20 bits per heavy atom. The van der Waals surface area contributed by atoms with Gasteiger partial charge < -0.3 is 18.3 Å². The Morgan fingerprint density at radius 3 is 2.56 bits per heavy atom. The molecule has 5 heteroatoms. The molecule has 0 aliphatic heterocycles. The second-order valence-electron chi connectivity index (χ2n) is 7.41. The SMILES string of the molecule is COc1c2ccoc2c(OC(C)(C)CC(C)C)c2oc(C)cc(=O)c12. The van der Waals surface area contributed by atoms with E-state index >= 15 is 0 Å². The molecule has 0 atom stereocenters. The molecule has 134 valence electrons. The summed E-state index contributed by atoms with van der Waals surface area (Å²) in [7, 11) is 1.53. The van der Waals surface area contributed by atoms with E-state index in [1.807, 2.05) is 13.8 Å². The van der Waals surface area contributed by atoms with E-state index < -0.39 is 5.60 Å². The number of aryl methyl sites for hydroxylation is 1. The zero-order valence-corrected chi connectivity index (χ0v) is 15.6. The van der Waals surface area contributed by atoms with E-state index in [1.54, 1.807) is 19.3 Å². The maximum atomic E-state index is 12.6. The number of hydrogen-bond acceptors (Lipinski definition) is 5. The lowest BCUT2D eigenvalue weighted by Crippen LogP contribution is -2.30. The third kappa shape index (κ3) is 3.11.